The van der Waals surface area contributed by atoms with Crippen molar-refractivity contribution >= 4 is 11.9 Å². The smallest absolute Gasteiger partial charge is 0.308 e. The number of aliphatic hydroxyl groups excluding tert-OH is 9. The Balaban J connectivity index is 1.92. The molecule has 392 valence electrons. The van der Waals surface area contributed by atoms with Gasteiger partial charge in [0.25, 0.3) is 0 Å². The normalized spacial score (nSPS) is 43.5. The highest BCUT2D eigenvalue weighted by molar-refractivity contribution is 5.80. The number of aliphatic hydroxyl groups is 10. The van der Waals surface area contributed by atoms with Crippen LogP contribution in [-0.2, 0) is 33.3 Å². The van der Waals surface area contributed by atoms with Gasteiger partial charge < -0.3 is 85.8 Å². The van der Waals surface area contributed by atoms with Gasteiger partial charge >= 0.3 is 5.97 Å². The lowest BCUT2D eigenvalue weighted by Gasteiger charge is -2.46. The van der Waals surface area contributed by atoms with Crippen LogP contribution in [0.15, 0.2) is 85.1 Å². The SMILES string of the molecule is COCCNC(=O)C1[C@@H]2CC(O[C@@H]3O[C@H](C)[C@@H](O)[C@H](N)[C@@H]3O)/C=C/C=C/C=C/C=C/C=C/C=C/C=C/[C@H](C)C(O)[C@@H](C)[C@H](C)OC(=O)CC(O)CC(O)CCC(O)C(O)C[C@H](O)CC(O)(C[C@@H]1O)O2. The molecular weight excluding hydrogens is 901 g/mol. The number of rotatable bonds is 6. The van der Waals surface area contributed by atoms with Crippen molar-refractivity contribution in [2.75, 3.05) is 20.3 Å². The second-order valence-corrected chi connectivity index (χ2v) is 18.5. The minimum Gasteiger partial charge on any atom is -0.462 e. The largest absolute Gasteiger partial charge is 0.462 e. The first-order valence-corrected chi connectivity index (χ1v) is 23.9. The van der Waals surface area contributed by atoms with Crippen LogP contribution >= 0.6 is 0 Å². The molecule has 3 rings (SSSR count). The van der Waals surface area contributed by atoms with Crippen LogP contribution in [0.1, 0.15) is 79.1 Å². The number of cyclic esters (lactones) is 1. The van der Waals surface area contributed by atoms with E-state index in [1.165, 1.54) is 7.11 Å². The molecule has 0 spiro atoms. The maximum absolute atomic E-state index is 13.6. The highest BCUT2D eigenvalue weighted by Gasteiger charge is 2.51. The third-order valence-corrected chi connectivity index (χ3v) is 12.6. The summed E-state index contributed by atoms with van der Waals surface area (Å²) in [7, 11) is 1.45. The minimum absolute atomic E-state index is 0.0871. The molecule has 0 aromatic rings. The maximum Gasteiger partial charge on any atom is 0.308 e. The number of hydrogen-bond donors (Lipinski definition) is 12. The van der Waals surface area contributed by atoms with Gasteiger partial charge in [0.1, 0.15) is 12.2 Å². The van der Waals surface area contributed by atoms with E-state index >= 15 is 0 Å². The molecular formula is C50H80N2O17. The number of fused-ring (bicyclic) bond motifs is 2. The summed E-state index contributed by atoms with van der Waals surface area (Å²) in [6, 6.07) is -1.13. The molecule has 0 aromatic carbocycles. The minimum atomic E-state index is -2.27. The van der Waals surface area contributed by atoms with Crippen LogP contribution in [-0.4, -0.2) is 181 Å². The number of carbonyl (C=O) groups is 2. The number of hydrogen-bond acceptors (Lipinski definition) is 18. The fraction of sp³-hybridized carbons (Fsp3) is 0.680. The van der Waals surface area contributed by atoms with Crippen LogP contribution in [0.3, 0.4) is 0 Å². The first-order valence-electron chi connectivity index (χ1n) is 23.9. The van der Waals surface area contributed by atoms with Gasteiger partial charge in [-0.3, -0.25) is 9.59 Å². The summed E-state index contributed by atoms with van der Waals surface area (Å²) >= 11 is 0. The second-order valence-electron chi connectivity index (χ2n) is 18.5. The van der Waals surface area contributed by atoms with Crippen molar-refractivity contribution in [3.05, 3.63) is 85.1 Å². The molecule has 2 saturated heterocycles. The van der Waals surface area contributed by atoms with Crippen LogP contribution in [0.25, 0.3) is 0 Å². The molecule has 0 aliphatic carbocycles. The number of amides is 1. The number of methoxy groups -OCH3 is 1. The summed E-state index contributed by atoms with van der Waals surface area (Å²) in [5.74, 6) is -5.64. The van der Waals surface area contributed by atoms with Crippen molar-refractivity contribution in [2.45, 2.75) is 177 Å². The van der Waals surface area contributed by atoms with Crippen molar-refractivity contribution in [2.24, 2.45) is 23.5 Å². The molecule has 19 nitrogen and oxygen atoms in total. The molecule has 19 heteroatoms. The van der Waals surface area contributed by atoms with Gasteiger partial charge in [-0.2, -0.15) is 0 Å². The molecule has 8 unspecified atom stereocenters. The number of allylic oxidation sites excluding steroid dienone is 12. The zero-order valence-corrected chi connectivity index (χ0v) is 40.5. The number of ether oxygens (including phenoxy) is 5. The summed E-state index contributed by atoms with van der Waals surface area (Å²) in [4.78, 5) is 26.3. The quantitative estimate of drug-likeness (QED) is 0.127. The third kappa shape index (κ3) is 20.6. The fourth-order valence-corrected chi connectivity index (χ4v) is 8.38. The standard InChI is InChI=1S/C50H80N2O17/c1-30-18-16-14-12-10-8-6-7-9-11-13-15-17-19-37(68-49-47(62)44(51)46(61)33(4)67-49)27-41-43(48(63)52-22-23-65-5)40(58)29-50(64,69-41)28-36(55)25-39(57)38(56)21-20-34(53)24-35(54)26-42(59)66-32(3)31(2)45(30)60/h6-19,30-41,43-47,49,53-58,60-62,64H,20-29,51H2,1-5H3,(H,52,63)/b7-6+,10-8+,11-9+,14-12+,15-13+,18-16+,19-17+/t30-,31-,32-,33+,34?,35?,36-,37?,38?,39?,40-,41-,43?,44-,45?,46+,47-,49-,50?/m0/s1. The van der Waals surface area contributed by atoms with Gasteiger partial charge in [-0.25, -0.2) is 0 Å². The Bertz CT molecular complexity index is 1740. The lowest BCUT2D eigenvalue weighted by Crippen LogP contribution is -2.62. The summed E-state index contributed by atoms with van der Waals surface area (Å²) in [5.41, 5.74) is 6.09. The predicted octanol–water partition coefficient (Wildman–Crippen LogP) is 0.390. The monoisotopic (exact) mass is 981 g/mol. The van der Waals surface area contributed by atoms with Gasteiger partial charge in [0.2, 0.25) is 5.91 Å². The molecule has 1 amide bonds. The summed E-state index contributed by atoms with van der Waals surface area (Å²) in [5, 5.41) is 112. The molecule has 0 radical (unpaired) electrons. The maximum atomic E-state index is 13.6. The molecule has 3 aliphatic heterocycles. The lowest BCUT2D eigenvalue weighted by molar-refractivity contribution is -0.307. The molecule has 19 atom stereocenters. The molecule has 0 aromatic heterocycles. The van der Waals surface area contributed by atoms with Gasteiger partial charge in [0.05, 0.1) is 92.1 Å². The van der Waals surface area contributed by atoms with Gasteiger partial charge in [0, 0.05) is 51.2 Å². The molecule has 13 N–H and O–H groups in total. The van der Waals surface area contributed by atoms with E-state index in [0.29, 0.717) is 0 Å². The Kier molecular flexibility index (Phi) is 26.4. The molecule has 2 bridgehead atoms. The average molecular weight is 981 g/mol. The number of esters is 1. The van der Waals surface area contributed by atoms with Gasteiger partial charge in [-0.05, 0) is 33.1 Å². The van der Waals surface area contributed by atoms with Crippen LogP contribution in [0, 0.1) is 17.8 Å². The van der Waals surface area contributed by atoms with Crippen LogP contribution < -0.4 is 11.1 Å². The van der Waals surface area contributed by atoms with Gasteiger partial charge in [-0.1, -0.05) is 98.9 Å². The van der Waals surface area contributed by atoms with Crippen molar-refractivity contribution in [1.29, 1.82) is 0 Å². The molecule has 0 saturated carbocycles. The topological polar surface area (TPSA) is 321 Å². The van der Waals surface area contributed by atoms with E-state index in [0.717, 1.165) is 0 Å². The van der Waals surface area contributed by atoms with Crippen molar-refractivity contribution < 1.29 is 84.3 Å². The van der Waals surface area contributed by atoms with Gasteiger partial charge in [-0.15, -0.1) is 0 Å². The van der Waals surface area contributed by atoms with Crippen molar-refractivity contribution in [1.82, 2.24) is 5.32 Å². The average Bonchev–Trinajstić information content (AvgIpc) is 3.27. The number of nitrogens with one attached hydrogen (secondary N) is 1. The van der Waals surface area contributed by atoms with E-state index in [-0.39, 0.29) is 44.8 Å². The molecule has 2 fully saturated rings. The highest BCUT2D eigenvalue weighted by atomic mass is 16.7. The molecule has 3 aliphatic rings. The number of nitrogens with two attached hydrogens (primary N) is 1. The predicted molar refractivity (Wildman–Crippen MR) is 254 cm³/mol. The second kappa shape index (κ2) is 30.4. The Morgan fingerprint density at radius 1 is 0.710 bits per heavy atom. The van der Waals surface area contributed by atoms with E-state index in [9.17, 15) is 60.7 Å². The first-order chi connectivity index (χ1) is 32.7. The zero-order valence-electron chi connectivity index (χ0n) is 40.5. The lowest BCUT2D eigenvalue weighted by atomic mass is 9.82. The van der Waals surface area contributed by atoms with Gasteiger partial charge in [0.15, 0.2) is 12.1 Å². The van der Waals surface area contributed by atoms with E-state index in [1.807, 2.05) is 43.4 Å². The number of carbonyl (C=O) groups excluding carboxylic acids is 2. The van der Waals surface area contributed by atoms with Crippen LogP contribution in [0.2, 0.25) is 0 Å². The van der Waals surface area contributed by atoms with Crippen LogP contribution in [0.5, 0.6) is 0 Å². The van der Waals surface area contributed by atoms with E-state index in [2.05, 4.69) is 5.32 Å². The zero-order chi connectivity index (χ0) is 51.3. The Hall–Kier alpha value is -3.48. The first kappa shape index (κ1) is 59.8. The fourth-order valence-electron chi connectivity index (χ4n) is 8.38. The Morgan fingerprint density at radius 3 is 1.91 bits per heavy atom. The van der Waals surface area contributed by atoms with Crippen molar-refractivity contribution in [3.63, 3.8) is 0 Å². The van der Waals surface area contributed by atoms with Crippen LogP contribution in [0.4, 0.5) is 0 Å². The molecule has 69 heavy (non-hydrogen) atoms. The summed E-state index contributed by atoms with van der Waals surface area (Å²) < 4.78 is 28.7. The van der Waals surface area contributed by atoms with E-state index in [4.69, 9.17) is 29.4 Å². The Labute approximate surface area is 405 Å². The van der Waals surface area contributed by atoms with E-state index < -0.39 is 147 Å². The van der Waals surface area contributed by atoms with Crippen molar-refractivity contribution in [3.8, 4) is 0 Å². The Morgan fingerprint density at radius 2 is 1.30 bits per heavy atom. The highest BCUT2D eigenvalue weighted by Crippen LogP contribution is 2.38. The molecule has 3 heterocycles. The summed E-state index contributed by atoms with van der Waals surface area (Å²) in [6.07, 6.45) is 4.65. The third-order valence-electron chi connectivity index (χ3n) is 12.6. The summed E-state index contributed by atoms with van der Waals surface area (Å²) in [6.45, 7) is 7.04. The van der Waals surface area contributed by atoms with E-state index in [1.54, 1.807) is 69.4 Å².